The van der Waals surface area contributed by atoms with E-state index in [1.54, 1.807) is 42.5 Å². The van der Waals surface area contributed by atoms with Crippen molar-refractivity contribution < 1.29 is 19.1 Å². The van der Waals surface area contributed by atoms with E-state index in [-0.39, 0.29) is 30.0 Å². The molecule has 3 aromatic rings. The van der Waals surface area contributed by atoms with Gasteiger partial charge in [-0.3, -0.25) is 9.59 Å². The van der Waals surface area contributed by atoms with Gasteiger partial charge >= 0.3 is 0 Å². The SMILES string of the molecule is COc1ccc(C2CC(=O)N(CC(=O)Nc3nccs3)c3ccccc3S2)cc1OC. The molecule has 160 valence electrons. The van der Waals surface area contributed by atoms with Crippen LogP contribution in [-0.4, -0.2) is 37.6 Å². The Kier molecular flexibility index (Phi) is 6.43. The third-order valence-corrected chi connectivity index (χ3v) is 6.86. The molecule has 2 heterocycles. The number of carbonyl (C=O) groups is 2. The number of hydrogen-bond donors (Lipinski definition) is 1. The number of aromatic nitrogens is 1. The number of nitrogens with zero attached hydrogens (tertiary/aromatic N) is 2. The topological polar surface area (TPSA) is 80.8 Å². The van der Waals surface area contributed by atoms with Gasteiger partial charge < -0.3 is 19.7 Å². The normalized spacial score (nSPS) is 15.7. The standard InChI is InChI=1S/C22H21N3O4S2/c1-28-16-8-7-14(11-17(16)29-2)19-12-21(27)25(15-5-3-4-6-18(15)31-19)13-20(26)24-22-23-9-10-30-22/h3-11,19H,12-13H2,1-2H3,(H,23,24,26). The van der Waals surface area contributed by atoms with Crippen molar-refractivity contribution in [2.45, 2.75) is 16.6 Å². The van der Waals surface area contributed by atoms with Crippen LogP contribution in [0.15, 0.2) is 58.9 Å². The summed E-state index contributed by atoms with van der Waals surface area (Å²) in [5.41, 5.74) is 1.69. The van der Waals surface area contributed by atoms with Crippen molar-refractivity contribution in [1.82, 2.24) is 4.98 Å². The molecule has 0 aliphatic carbocycles. The molecule has 0 saturated carbocycles. The zero-order valence-corrected chi connectivity index (χ0v) is 18.7. The molecule has 0 spiro atoms. The molecule has 9 heteroatoms. The Bertz CT molecular complexity index is 1090. The molecule has 1 N–H and O–H groups in total. The number of thiazole rings is 1. The second-order valence-corrected chi connectivity index (χ2v) is 8.90. The number of amides is 2. The lowest BCUT2D eigenvalue weighted by Crippen LogP contribution is -2.38. The highest BCUT2D eigenvalue weighted by molar-refractivity contribution is 7.99. The first kappa shape index (κ1) is 21.2. The summed E-state index contributed by atoms with van der Waals surface area (Å²) in [6.07, 6.45) is 1.87. The van der Waals surface area contributed by atoms with Gasteiger partial charge in [-0.25, -0.2) is 4.98 Å². The van der Waals surface area contributed by atoms with Crippen molar-refractivity contribution in [3.8, 4) is 11.5 Å². The number of anilines is 2. The lowest BCUT2D eigenvalue weighted by Gasteiger charge is -2.21. The second-order valence-electron chi connectivity index (χ2n) is 6.76. The number of benzene rings is 2. The molecule has 0 fully saturated rings. The third-order valence-electron chi connectivity index (χ3n) is 4.85. The number of carbonyl (C=O) groups excluding carboxylic acids is 2. The summed E-state index contributed by atoms with van der Waals surface area (Å²) in [7, 11) is 3.18. The lowest BCUT2D eigenvalue weighted by atomic mass is 10.1. The number of hydrogen-bond acceptors (Lipinski definition) is 7. The number of methoxy groups -OCH3 is 2. The zero-order valence-electron chi connectivity index (χ0n) is 17.0. The van der Waals surface area contributed by atoms with Crippen LogP contribution in [0.3, 0.4) is 0 Å². The summed E-state index contributed by atoms with van der Waals surface area (Å²) in [5, 5.41) is 4.92. The number of fused-ring (bicyclic) bond motifs is 1. The van der Waals surface area contributed by atoms with Gasteiger partial charge in [0.15, 0.2) is 16.6 Å². The Morgan fingerprint density at radius 3 is 2.74 bits per heavy atom. The Morgan fingerprint density at radius 2 is 2.00 bits per heavy atom. The molecule has 4 rings (SSSR count). The van der Waals surface area contributed by atoms with Crippen molar-refractivity contribution in [3.05, 3.63) is 59.6 Å². The van der Waals surface area contributed by atoms with Crippen LogP contribution in [0.1, 0.15) is 17.2 Å². The van der Waals surface area contributed by atoms with Gasteiger partial charge in [0.25, 0.3) is 0 Å². The third kappa shape index (κ3) is 4.67. The van der Waals surface area contributed by atoms with Gasteiger partial charge in [0.05, 0.1) is 19.9 Å². The van der Waals surface area contributed by atoms with E-state index in [2.05, 4.69) is 10.3 Å². The molecule has 31 heavy (non-hydrogen) atoms. The molecule has 1 aliphatic heterocycles. The molecular formula is C22H21N3O4S2. The van der Waals surface area contributed by atoms with Gasteiger partial charge in [-0.15, -0.1) is 23.1 Å². The zero-order chi connectivity index (χ0) is 21.8. The first-order valence-corrected chi connectivity index (χ1v) is 11.3. The molecular weight excluding hydrogens is 434 g/mol. The smallest absolute Gasteiger partial charge is 0.246 e. The van der Waals surface area contributed by atoms with Crippen molar-refractivity contribution in [2.75, 3.05) is 31.0 Å². The summed E-state index contributed by atoms with van der Waals surface area (Å²) >= 11 is 2.94. The quantitative estimate of drug-likeness (QED) is 0.595. The van der Waals surface area contributed by atoms with Crippen molar-refractivity contribution in [1.29, 1.82) is 0 Å². The number of ether oxygens (including phenoxy) is 2. The molecule has 1 unspecified atom stereocenters. The van der Waals surface area contributed by atoms with E-state index in [1.807, 2.05) is 42.5 Å². The minimum absolute atomic E-state index is 0.0748. The van der Waals surface area contributed by atoms with Crippen LogP contribution in [0.4, 0.5) is 10.8 Å². The van der Waals surface area contributed by atoms with Gasteiger partial charge in [0.2, 0.25) is 11.8 Å². The van der Waals surface area contributed by atoms with Crippen LogP contribution in [0.5, 0.6) is 11.5 Å². The van der Waals surface area contributed by atoms with Gasteiger partial charge in [-0.2, -0.15) is 0 Å². The monoisotopic (exact) mass is 455 g/mol. The Balaban J connectivity index is 1.61. The maximum absolute atomic E-state index is 13.2. The van der Waals surface area contributed by atoms with E-state index >= 15 is 0 Å². The summed E-state index contributed by atoms with van der Waals surface area (Å²) in [4.78, 5) is 32.4. The van der Waals surface area contributed by atoms with E-state index in [1.165, 1.54) is 11.3 Å². The predicted molar refractivity (Wildman–Crippen MR) is 122 cm³/mol. The largest absolute Gasteiger partial charge is 0.493 e. The van der Waals surface area contributed by atoms with Gasteiger partial charge in [0, 0.05) is 28.1 Å². The highest BCUT2D eigenvalue weighted by Crippen LogP contribution is 2.46. The fourth-order valence-electron chi connectivity index (χ4n) is 3.38. The average Bonchev–Trinajstić information content (AvgIpc) is 3.25. The number of nitrogens with one attached hydrogen (secondary N) is 1. The number of para-hydroxylation sites is 1. The second kappa shape index (κ2) is 9.40. The molecule has 2 aromatic carbocycles. The van der Waals surface area contributed by atoms with Crippen molar-refractivity contribution in [3.63, 3.8) is 0 Å². The Labute approximate surface area is 188 Å². The predicted octanol–water partition coefficient (Wildman–Crippen LogP) is 4.37. The van der Waals surface area contributed by atoms with Crippen molar-refractivity contribution >= 4 is 45.7 Å². The van der Waals surface area contributed by atoms with Crippen molar-refractivity contribution in [2.24, 2.45) is 0 Å². The van der Waals surface area contributed by atoms with E-state index in [4.69, 9.17) is 9.47 Å². The first-order valence-electron chi connectivity index (χ1n) is 9.56. The molecule has 0 radical (unpaired) electrons. The van der Waals surface area contributed by atoms with E-state index in [9.17, 15) is 9.59 Å². The highest BCUT2D eigenvalue weighted by Gasteiger charge is 2.31. The van der Waals surface area contributed by atoms with Crippen LogP contribution in [0.2, 0.25) is 0 Å². The molecule has 0 bridgehead atoms. The van der Waals surface area contributed by atoms with E-state index in [0.717, 1.165) is 16.1 Å². The van der Waals surface area contributed by atoms with Crippen LogP contribution in [-0.2, 0) is 9.59 Å². The van der Waals surface area contributed by atoms with Crippen LogP contribution in [0.25, 0.3) is 0 Å². The summed E-state index contributed by atoms with van der Waals surface area (Å²) < 4.78 is 10.8. The highest BCUT2D eigenvalue weighted by atomic mass is 32.2. The average molecular weight is 456 g/mol. The molecule has 1 atom stereocenters. The number of thioether (sulfide) groups is 1. The summed E-state index contributed by atoms with van der Waals surface area (Å²) in [5.74, 6) is 0.849. The lowest BCUT2D eigenvalue weighted by molar-refractivity contribution is -0.121. The van der Waals surface area contributed by atoms with E-state index in [0.29, 0.717) is 16.6 Å². The van der Waals surface area contributed by atoms with Crippen LogP contribution in [0, 0.1) is 0 Å². The maximum Gasteiger partial charge on any atom is 0.246 e. The molecule has 7 nitrogen and oxygen atoms in total. The van der Waals surface area contributed by atoms with Gasteiger partial charge in [0.1, 0.15) is 6.54 Å². The first-order chi connectivity index (χ1) is 15.1. The summed E-state index contributed by atoms with van der Waals surface area (Å²) in [6, 6.07) is 13.3. The fourth-order valence-corrected chi connectivity index (χ4v) is 5.19. The minimum atomic E-state index is -0.285. The number of rotatable bonds is 6. The fraction of sp³-hybridized carbons (Fsp3) is 0.227. The van der Waals surface area contributed by atoms with Crippen LogP contribution < -0.4 is 19.7 Å². The molecule has 1 aromatic heterocycles. The molecule has 1 aliphatic rings. The van der Waals surface area contributed by atoms with Gasteiger partial charge in [-0.05, 0) is 29.8 Å². The Hall–Kier alpha value is -3.04. The van der Waals surface area contributed by atoms with Gasteiger partial charge in [-0.1, -0.05) is 18.2 Å². The molecule has 0 saturated heterocycles. The van der Waals surface area contributed by atoms with Crippen LogP contribution >= 0.6 is 23.1 Å². The summed E-state index contributed by atoms with van der Waals surface area (Å²) in [6.45, 7) is -0.0748. The van der Waals surface area contributed by atoms with E-state index < -0.39 is 0 Å². The maximum atomic E-state index is 13.2. The molecule has 2 amide bonds. The Morgan fingerprint density at radius 1 is 1.19 bits per heavy atom. The minimum Gasteiger partial charge on any atom is -0.493 e.